The summed E-state index contributed by atoms with van der Waals surface area (Å²) in [7, 11) is 0. The smallest absolute Gasteiger partial charge is 0.195 e. The van der Waals surface area contributed by atoms with E-state index in [2.05, 4.69) is 19.9 Å². The van der Waals surface area contributed by atoms with E-state index < -0.39 is 36.5 Å². The van der Waals surface area contributed by atoms with Crippen LogP contribution in [0.2, 0.25) is 0 Å². The van der Waals surface area contributed by atoms with Crippen molar-refractivity contribution in [3.8, 4) is 0 Å². The SMILES string of the molecule is CC(C)=C[C@H]1CC[C@H]2CC[C@@]3(O[C@@H]4O[C@@H](C)[C@@H](O)[C@@H](O)[C@@H]4O3)C3=C2C1=C(C)C(=O)C3. The van der Waals surface area contributed by atoms with Gasteiger partial charge in [-0.3, -0.25) is 4.79 Å². The van der Waals surface area contributed by atoms with Crippen molar-refractivity contribution >= 4 is 5.78 Å². The molecule has 30 heavy (non-hydrogen) atoms. The second kappa shape index (κ2) is 7.10. The van der Waals surface area contributed by atoms with E-state index in [1.807, 2.05) is 6.92 Å². The van der Waals surface area contributed by atoms with Crippen molar-refractivity contribution in [1.82, 2.24) is 0 Å². The molecular formula is C24H32O6. The van der Waals surface area contributed by atoms with E-state index in [9.17, 15) is 15.0 Å². The Balaban J connectivity index is 1.60. The third kappa shape index (κ3) is 2.92. The summed E-state index contributed by atoms with van der Waals surface area (Å²) in [5.41, 5.74) is 5.45. The largest absolute Gasteiger partial charge is 0.388 e. The summed E-state index contributed by atoms with van der Waals surface area (Å²) in [6, 6.07) is 0. The Labute approximate surface area is 177 Å². The van der Waals surface area contributed by atoms with E-state index >= 15 is 0 Å². The molecular weight excluding hydrogens is 384 g/mol. The first-order valence-electron chi connectivity index (χ1n) is 11.2. The number of ketones is 1. The standard InChI is InChI=1S/C24H32O6/c1-11(2)9-15-6-5-14-7-8-24(16-10-17(25)12(3)18(15)19(14)16)29-22-21(27)20(26)13(4)28-23(22)30-24/h9,13-15,20-23,26-27H,5-8,10H2,1-4H3/t13-,14-,15+,20+,21+,22-,23-,24+/m0/s1. The molecule has 0 aromatic rings. The van der Waals surface area contributed by atoms with Crippen LogP contribution in [0.5, 0.6) is 0 Å². The maximum absolute atomic E-state index is 13.1. The van der Waals surface area contributed by atoms with Crippen molar-refractivity contribution in [1.29, 1.82) is 0 Å². The number of ether oxygens (including phenoxy) is 3. The Bertz CT molecular complexity index is 865. The van der Waals surface area contributed by atoms with Gasteiger partial charge in [-0.25, -0.2) is 0 Å². The van der Waals surface area contributed by atoms with Crippen LogP contribution in [0, 0.1) is 11.8 Å². The van der Waals surface area contributed by atoms with Gasteiger partial charge in [0.15, 0.2) is 17.9 Å². The fourth-order valence-electron chi connectivity index (χ4n) is 6.15. The van der Waals surface area contributed by atoms with E-state index in [-0.39, 0.29) is 18.1 Å². The molecule has 0 radical (unpaired) electrons. The highest BCUT2D eigenvalue weighted by molar-refractivity contribution is 6.00. The van der Waals surface area contributed by atoms with Gasteiger partial charge in [0.05, 0.1) is 6.10 Å². The first-order chi connectivity index (χ1) is 14.2. The molecule has 0 bridgehead atoms. The summed E-state index contributed by atoms with van der Waals surface area (Å²) in [4.78, 5) is 13.1. The lowest BCUT2D eigenvalue weighted by molar-refractivity contribution is -0.246. The lowest BCUT2D eigenvalue weighted by atomic mass is 9.62. The third-order valence-corrected chi connectivity index (χ3v) is 7.61. The Kier molecular flexibility index (Phi) is 4.88. The molecule has 0 aromatic heterocycles. The number of Topliss-reactive ketones (excluding diaryl/α,β-unsaturated/α-hetero) is 1. The highest BCUT2D eigenvalue weighted by atomic mass is 16.8. The third-order valence-electron chi connectivity index (χ3n) is 7.61. The van der Waals surface area contributed by atoms with Crippen molar-refractivity contribution in [3.05, 3.63) is 33.9 Å². The van der Waals surface area contributed by atoms with E-state index in [0.717, 1.165) is 36.0 Å². The van der Waals surface area contributed by atoms with Gasteiger partial charge >= 0.3 is 0 Å². The van der Waals surface area contributed by atoms with Crippen LogP contribution in [-0.4, -0.2) is 52.5 Å². The normalized spacial score (nSPS) is 45.5. The van der Waals surface area contributed by atoms with Crippen LogP contribution in [0.15, 0.2) is 33.9 Å². The summed E-state index contributed by atoms with van der Waals surface area (Å²) in [5, 5.41) is 20.8. The van der Waals surface area contributed by atoms with Crippen LogP contribution in [-0.2, 0) is 19.0 Å². The van der Waals surface area contributed by atoms with Crippen LogP contribution in [0.25, 0.3) is 0 Å². The number of hydrogen-bond acceptors (Lipinski definition) is 6. The fourth-order valence-corrected chi connectivity index (χ4v) is 6.15. The van der Waals surface area contributed by atoms with Gasteiger partial charge in [0.2, 0.25) is 0 Å². The van der Waals surface area contributed by atoms with Crippen molar-refractivity contribution in [2.45, 2.75) is 96.3 Å². The zero-order valence-electron chi connectivity index (χ0n) is 18.2. The number of rotatable bonds is 1. The molecule has 2 heterocycles. The van der Waals surface area contributed by atoms with Crippen LogP contribution in [0.1, 0.15) is 59.8 Å². The zero-order chi connectivity index (χ0) is 21.4. The molecule has 1 spiro atoms. The van der Waals surface area contributed by atoms with Crippen molar-refractivity contribution < 1.29 is 29.2 Å². The second-order valence-electron chi connectivity index (χ2n) is 9.84. The first kappa shape index (κ1) is 20.6. The number of fused-ring (bicyclic) bond motifs is 2. The molecule has 164 valence electrons. The number of hydrogen-bond donors (Lipinski definition) is 2. The molecule has 0 amide bonds. The maximum Gasteiger partial charge on any atom is 0.195 e. The molecule has 8 atom stereocenters. The number of aliphatic hydroxyl groups excluding tert-OH is 2. The molecule has 2 N–H and O–H groups in total. The van der Waals surface area contributed by atoms with Crippen molar-refractivity contribution in [3.63, 3.8) is 0 Å². The summed E-state index contributed by atoms with van der Waals surface area (Å²) < 4.78 is 18.5. The lowest BCUT2D eigenvalue weighted by Crippen LogP contribution is -2.55. The predicted molar refractivity (Wildman–Crippen MR) is 109 cm³/mol. The summed E-state index contributed by atoms with van der Waals surface area (Å²) in [5.74, 6) is -0.283. The average Bonchev–Trinajstić information content (AvgIpc) is 3.06. The molecule has 1 saturated carbocycles. The van der Waals surface area contributed by atoms with Gasteiger partial charge in [-0.2, -0.15) is 0 Å². The first-order valence-corrected chi connectivity index (χ1v) is 11.2. The van der Waals surface area contributed by atoms with Gasteiger partial charge in [0.25, 0.3) is 0 Å². The van der Waals surface area contributed by atoms with Crippen LogP contribution in [0.4, 0.5) is 0 Å². The molecule has 6 nitrogen and oxygen atoms in total. The van der Waals surface area contributed by atoms with Gasteiger partial charge in [-0.05, 0) is 69.6 Å². The van der Waals surface area contributed by atoms with Gasteiger partial charge in [0.1, 0.15) is 18.3 Å². The Morgan fingerprint density at radius 3 is 2.60 bits per heavy atom. The van der Waals surface area contributed by atoms with Gasteiger partial charge < -0.3 is 24.4 Å². The maximum atomic E-state index is 13.1. The molecule has 2 aliphatic heterocycles. The molecule has 5 rings (SSSR count). The zero-order valence-corrected chi connectivity index (χ0v) is 18.2. The average molecular weight is 417 g/mol. The molecule has 5 aliphatic rings. The van der Waals surface area contributed by atoms with E-state index in [0.29, 0.717) is 12.3 Å². The predicted octanol–water partition coefficient (Wildman–Crippen LogP) is 2.94. The minimum absolute atomic E-state index is 0.120. The Morgan fingerprint density at radius 1 is 1.10 bits per heavy atom. The number of carbonyl (C=O) groups excluding carboxylic acids is 1. The summed E-state index contributed by atoms with van der Waals surface area (Å²) in [6.07, 6.45) is 2.11. The molecule has 2 saturated heterocycles. The minimum atomic E-state index is -1.08. The van der Waals surface area contributed by atoms with Gasteiger partial charge in [-0.15, -0.1) is 0 Å². The summed E-state index contributed by atoms with van der Waals surface area (Å²) in [6.45, 7) is 7.88. The van der Waals surface area contributed by atoms with Crippen LogP contribution < -0.4 is 0 Å². The van der Waals surface area contributed by atoms with Crippen molar-refractivity contribution in [2.24, 2.45) is 11.8 Å². The van der Waals surface area contributed by atoms with E-state index in [1.54, 1.807) is 6.92 Å². The number of carbonyl (C=O) groups is 1. The fraction of sp³-hybridized carbons (Fsp3) is 0.708. The molecule has 6 heteroatoms. The molecule has 3 fully saturated rings. The van der Waals surface area contributed by atoms with E-state index in [4.69, 9.17) is 14.2 Å². The van der Waals surface area contributed by atoms with Crippen LogP contribution >= 0.6 is 0 Å². The van der Waals surface area contributed by atoms with Gasteiger partial charge in [-0.1, -0.05) is 11.6 Å². The Hall–Kier alpha value is -1.31. The quantitative estimate of drug-likeness (QED) is 0.640. The lowest BCUT2D eigenvalue weighted by Gasteiger charge is -2.46. The monoisotopic (exact) mass is 416 g/mol. The van der Waals surface area contributed by atoms with Crippen molar-refractivity contribution in [2.75, 3.05) is 0 Å². The topological polar surface area (TPSA) is 85.2 Å². The van der Waals surface area contributed by atoms with Gasteiger partial charge in [0, 0.05) is 24.3 Å². The number of allylic oxidation sites excluding steroid dienone is 5. The minimum Gasteiger partial charge on any atom is -0.388 e. The molecule has 3 aliphatic carbocycles. The molecule has 0 aromatic carbocycles. The molecule has 0 unspecified atom stereocenters. The Morgan fingerprint density at radius 2 is 1.87 bits per heavy atom. The highest BCUT2D eigenvalue weighted by Crippen LogP contribution is 2.57. The second-order valence-corrected chi connectivity index (χ2v) is 9.84. The van der Waals surface area contributed by atoms with E-state index in [1.165, 1.54) is 11.1 Å². The van der Waals surface area contributed by atoms with Crippen LogP contribution in [0.3, 0.4) is 0 Å². The highest BCUT2D eigenvalue weighted by Gasteiger charge is 2.60. The summed E-state index contributed by atoms with van der Waals surface area (Å²) >= 11 is 0. The number of aliphatic hydroxyl groups is 2.